The zero-order valence-corrected chi connectivity index (χ0v) is 11.6. The second-order valence-electron chi connectivity index (χ2n) is 4.74. The number of hydrogen-bond acceptors (Lipinski definition) is 4. The Balaban J connectivity index is 2.45. The fraction of sp³-hybridized carbons (Fsp3) is 0.500. The topological polar surface area (TPSA) is 78.6 Å². The highest BCUT2D eigenvalue weighted by atomic mass is 16.3. The second-order valence-corrected chi connectivity index (χ2v) is 4.74. The van der Waals surface area contributed by atoms with Gasteiger partial charge in [-0.1, -0.05) is 12.1 Å². The van der Waals surface area contributed by atoms with E-state index in [9.17, 15) is 4.79 Å². The molecule has 0 radical (unpaired) electrons. The average molecular weight is 265 g/mol. The minimum atomic E-state index is -0.0681. The maximum Gasteiger partial charge on any atom is 0.225 e. The molecule has 0 aromatic heterocycles. The normalized spacial score (nSPS) is 11.0. The van der Waals surface area contributed by atoms with Crippen molar-refractivity contribution in [3.8, 4) is 0 Å². The van der Waals surface area contributed by atoms with Gasteiger partial charge in [0.1, 0.15) is 0 Å². The first-order chi connectivity index (χ1) is 9.04. The summed E-state index contributed by atoms with van der Waals surface area (Å²) in [5, 5.41) is 11.8. The van der Waals surface area contributed by atoms with Gasteiger partial charge in [-0.2, -0.15) is 0 Å². The van der Waals surface area contributed by atoms with Crippen molar-refractivity contribution in [1.82, 2.24) is 4.90 Å². The van der Waals surface area contributed by atoms with Crippen molar-refractivity contribution in [2.45, 2.75) is 26.3 Å². The summed E-state index contributed by atoms with van der Waals surface area (Å²) in [5.74, 6) is -0.0681. The first-order valence-electron chi connectivity index (χ1n) is 6.54. The van der Waals surface area contributed by atoms with Crippen molar-refractivity contribution in [3.05, 3.63) is 24.3 Å². The number of aliphatic hydroxyl groups excluding tert-OH is 1. The molecular weight excluding hydrogens is 242 g/mol. The lowest BCUT2D eigenvalue weighted by molar-refractivity contribution is -0.116. The molecular formula is C14H23N3O2. The van der Waals surface area contributed by atoms with Crippen LogP contribution in [0.3, 0.4) is 0 Å². The highest BCUT2D eigenvalue weighted by molar-refractivity contribution is 5.93. The molecule has 0 heterocycles. The number of anilines is 2. The largest absolute Gasteiger partial charge is 0.397 e. The molecule has 0 aliphatic heterocycles. The second kappa shape index (κ2) is 7.76. The molecule has 0 bridgehead atoms. The van der Waals surface area contributed by atoms with Crippen LogP contribution in [0.4, 0.5) is 11.4 Å². The Morgan fingerprint density at radius 1 is 1.37 bits per heavy atom. The molecule has 0 saturated carbocycles. The van der Waals surface area contributed by atoms with Gasteiger partial charge in [0, 0.05) is 25.6 Å². The predicted molar refractivity (Wildman–Crippen MR) is 77.9 cm³/mol. The first kappa shape index (κ1) is 15.5. The van der Waals surface area contributed by atoms with Gasteiger partial charge in [-0.05, 0) is 26.0 Å². The molecule has 1 rings (SSSR count). The summed E-state index contributed by atoms with van der Waals surface area (Å²) >= 11 is 0. The van der Waals surface area contributed by atoms with Crippen LogP contribution in [-0.4, -0.2) is 41.7 Å². The summed E-state index contributed by atoms with van der Waals surface area (Å²) in [4.78, 5) is 13.9. The van der Waals surface area contributed by atoms with Crippen LogP contribution >= 0.6 is 0 Å². The Hall–Kier alpha value is -1.59. The predicted octanol–water partition coefficient (Wildman–Crippen LogP) is 1.30. The van der Waals surface area contributed by atoms with Crippen molar-refractivity contribution in [1.29, 1.82) is 0 Å². The minimum absolute atomic E-state index is 0.0681. The number of aliphatic hydroxyl groups is 1. The first-order valence-corrected chi connectivity index (χ1v) is 6.54. The van der Waals surface area contributed by atoms with Crippen LogP contribution in [0.25, 0.3) is 0 Å². The van der Waals surface area contributed by atoms with Crippen LogP contribution in [0.2, 0.25) is 0 Å². The summed E-state index contributed by atoms with van der Waals surface area (Å²) in [7, 11) is 0. The smallest absolute Gasteiger partial charge is 0.225 e. The van der Waals surface area contributed by atoms with Gasteiger partial charge in [0.25, 0.3) is 0 Å². The van der Waals surface area contributed by atoms with Crippen LogP contribution in [-0.2, 0) is 4.79 Å². The highest BCUT2D eigenvalue weighted by Gasteiger charge is 2.11. The monoisotopic (exact) mass is 265 g/mol. The molecule has 0 unspecified atom stereocenters. The van der Waals surface area contributed by atoms with E-state index in [-0.39, 0.29) is 12.5 Å². The Morgan fingerprint density at radius 3 is 2.63 bits per heavy atom. The van der Waals surface area contributed by atoms with Gasteiger partial charge in [-0.25, -0.2) is 0 Å². The summed E-state index contributed by atoms with van der Waals surface area (Å²) in [6, 6.07) is 7.50. The Kier molecular flexibility index (Phi) is 6.32. The standard InChI is InChI=1S/C14H23N3O2/c1-11(2)17(9-10-18)8-7-14(19)16-13-6-4-3-5-12(13)15/h3-6,11,18H,7-10,15H2,1-2H3,(H,16,19). The van der Waals surface area contributed by atoms with Gasteiger partial charge in [-0.3, -0.25) is 9.69 Å². The van der Waals surface area contributed by atoms with Gasteiger partial charge in [-0.15, -0.1) is 0 Å². The number of hydrogen-bond donors (Lipinski definition) is 3. The third kappa shape index (κ3) is 5.28. The van der Waals surface area contributed by atoms with Gasteiger partial charge in [0.15, 0.2) is 0 Å². The number of rotatable bonds is 7. The lowest BCUT2D eigenvalue weighted by Gasteiger charge is -2.25. The quantitative estimate of drug-likeness (QED) is 0.649. The molecule has 5 nitrogen and oxygen atoms in total. The van der Waals surface area contributed by atoms with Crippen LogP contribution in [0.5, 0.6) is 0 Å². The molecule has 0 aliphatic rings. The number of nitrogens with one attached hydrogen (secondary N) is 1. The Labute approximate surface area is 114 Å². The molecule has 0 atom stereocenters. The van der Waals surface area contributed by atoms with E-state index < -0.39 is 0 Å². The van der Waals surface area contributed by atoms with E-state index in [4.69, 9.17) is 10.8 Å². The molecule has 5 heteroatoms. The zero-order valence-electron chi connectivity index (χ0n) is 11.6. The van der Waals surface area contributed by atoms with Gasteiger partial charge < -0.3 is 16.2 Å². The SMILES string of the molecule is CC(C)N(CCO)CCC(=O)Nc1ccccc1N. The molecule has 0 saturated heterocycles. The fourth-order valence-corrected chi connectivity index (χ4v) is 1.83. The van der Waals surface area contributed by atoms with Crippen molar-refractivity contribution < 1.29 is 9.90 Å². The molecule has 1 amide bonds. The summed E-state index contributed by atoms with van der Waals surface area (Å²) < 4.78 is 0. The fourth-order valence-electron chi connectivity index (χ4n) is 1.83. The van der Waals surface area contributed by atoms with Crippen molar-refractivity contribution in [2.75, 3.05) is 30.7 Å². The number of amides is 1. The number of nitrogens with two attached hydrogens (primary N) is 1. The molecule has 4 N–H and O–H groups in total. The Morgan fingerprint density at radius 2 is 2.05 bits per heavy atom. The zero-order chi connectivity index (χ0) is 14.3. The lowest BCUT2D eigenvalue weighted by Crippen LogP contribution is -2.35. The van der Waals surface area contributed by atoms with Crippen molar-refractivity contribution >= 4 is 17.3 Å². The van der Waals surface area contributed by atoms with Crippen LogP contribution < -0.4 is 11.1 Å². The summed E-state index contributed by atoms with van der Waals surface area (Å²) in [6.07, 6.45) is 0.381. The number of benzene rings is 1. The lowest BCUT2D eigenvalue weighted by atomic mass is 10.2. The molecule has 1 aromatic carbocycles. The van der Waals surface area contributed by atoms with E-state index in [1.807, 2.05) is 26.0 Å². The van der Waals surface area contributed by atoms with Crippen LogP contribution in [0.15, 0.2) is 24.3 Å². The molecule has 0 aliphatic carbocycles. The number of para-hydroxylation sites is 2. The van der Waals surface area contributed by atoms with E-state index >= 15 is 0 Å². The van der Waals surface area contributed by atoms with E-state index in [2.05, 4.69) is 10.2 Å². The highest BCUT2D eigenvalue weighted by Crippen LogP contribution is 2.16. The minimum Gasteiger partial charge on any atom is -0.397 e. The average Bonchev–Trinajstić information content (AvgIpc) is 2.37. The molecule has 19 heavy (non-hydrogen) atoms. The van der Waals surface area contributed by atoms with E-state index in [1.54, 1.807) is 12.1 Å². The third-order valence-electron chi connectivity index (χ3n) is 2.98. The Bertz CT molecular complexity index is 407. The maximum atomic E-state index is 11.8. The molecule has 1 aromatic rings. The maximum absolute atomic E-state index is 11.8. The van der Waals surface area contributed by atoms with Gasteiger partial charge in [0.05, 0.1) is 18.0 Å². The summed E-state index contributed by atoms with van der Waals surface area (Å²) in [5.41, 5.74) is 6.97. The molecule has 106 valence electrons. The van der Waals surface area contributed by atoms with E-state index in [0.29, 0.717) is 36.9 Å². The number of nitrogens with zero attached hydrogens (tertiary/aromatic N) is 1. The van der Waals surface area contributed by atoms with Crippen LogP contribution in [0.1, 0.15) is 20.3 Å². The molecule has 0 fully saturated rings. The third-order valence-corrected chi connectivity index (χ3v) is 2.98. The van der Waals surface area contributed by atoms with Crippen molar-refractivity contribution in [2.24, 2.45) is 0 Å². The number of nitrogen functional groups attached to an aromatic ring is 1. The van der Waals surface area contributed by atoms with E-state index in [1.165, 1.54) is 0 Å². The summed E-state index contributed by atoms with van der Waals surface area (Å²) in [6.45, 7) is 5.39. The van der Waals surface area contributed by atoms with Crippen molar-refractivity contribution in [3.63, 3.8) is 0 Å². The number of carbonyl (C=O) groups is 1. The van der Waals surface area contributed by atoms with Gasteiger partial charge >= 0.3 is 0 Å². The molecule has 0 spiro atoms. The van der Waals surface area contributed by atoms with E-state index in [0.717, 1.165) is 0 Å². The number of carbonyl (C=O) groups excluding carboxylic acids is 1. The van der Waals surface area contributed by atoms with Gasteiger partial charge in [0.2, 0.25) is 5.91 Å². The van der Waals surface area contributed by atoms with Crippen LogP contribution in [0, 0.1) is 0 Å².